The van der Waals surface area contributed by atoms with Crippen molar-refractivity contribution in [3.63, 3.8) is 0 Å². The number of carbonyl (C=O) groups is 4. The van der Waals surface area contributed by atoms with Crippen molar-refractivity contribution in [3.05, 3.63) is 0 Å². The number of carbonyl (C=O) groups excluding carboxylic acids is 3. The van der Waals surface area contributed by atoms with Crippen molar-refractivity contribution in [2.24, 2.45) is 5.92 Å². The number of hydrogen-bond acceptors (Lipinski definition) is 5. The molecule has 2 aliphatic carbocycles. The average molecular weight is 465 g/mol. The second kappa shape index (κ2) is 10.8. The fourth-order valence-corrected chi connectivity index (χ4v) is 5.76. The Labute approximate surface area is 196 Å². The zero-order valence-electron chi connectivity index (χ0n) is 20.3. The maximum absolute atomic E-state index is 13.9. The summed E-state index contributed by atoms with van der Waals surface area (Å²) in [4.78, 5) is 56.8. The Morgan fingerprint density at radius 2 is 1.58 bits per heavy atom. The highest BCUT2D eigenvalue weighted by molar-refractivity contribution is 5.95. The Bertz CT molecular complexity index is 736. The van der Waals surface area contributed by atoms with Crippen molar-refractivity contribution in [2.75, 3.05) is 34.2 Å². The molecule has 2 N–H and O–H groups in total. The molecule has 33 heavy (non-hydrogen) atoms. The van der Waals surface area contributed by atoms with E-state index in [1.165, 1.54) is 11.9 Å². The Balaban J connectivity index is 1.85. The minimum Gasteiger partial charge on any atom is -0.481 e. The minimum atomic E-state index is -1.12. The highest BCUT2D eigenvalue weighted by Crippen LogP contribution is 2.37. The molecule has 0 spiro atoms. The van der Waals surface area contributed by atoms with E-state index in [1.54, 1.807) is 23.9 Å². The molecule has 0 unspecified atom stereocenters. The second-order valence-electron chi connectivity index (χ2n) is 10.0. The van der Waals surface area contributed by atoms with Crippen LogP contribution >= 0.6 is 0 Å². The number of likely N-dealkylation sites (tertiary alicyclic amines) is 1. The number of aliphatic carboxylic acids is 1. The highest BCUT2D eigenvalue weighted by atomic mass is 16.4. The Hall–Kier alpha value is -2.16. The van der Waals surface area contributed by atoms with Gasteiger partial charge in [-0.1, -0.05) is 12.8 Å². The number of nitrogens with zero attached hydrogens (tertiary/aromatic N) is 3. The summed E-state index contributed by atoms with van der Waals surface area (Å²) in [6.45, 7) is 1.18. The van der Waals surface area contributed by atoms with Crippen LogP contribution in [0, 0.1) is 5.92 Å². The molecule has 2 saturated carbocycles. The van der Waals surface area contributed by atoms with E-state index in [0.29, 0.717) is 13.1 Å². The molecule has 9 nitrogen and oxygen atoms in total. The number of carboxylic acid groups (broad SMARTS) is 1. The number of hydrogen-bond donors (Lipinski definition) is 2. The van der Waals surface area contributed by atoms with Crippen LogP contribution in [0.1, 0.15) is 70.6 Å². The quantitative estimate of drug-likeness (QED) is 0.535. The molecule has 0 aromatic rings. The maximum atomic E-state index is 13.9. The van der Waals surface area contributed by atoms with E-state index < -0.39 is 30.0 Å². The molecule has 1 saturated heterocycles. The molecule has 3 rings (SSSR count). The van der Waals surface area contributed by atoms with Crippen LogP contribution in [0.25, 0.3) is 0 Å². The predicted molar refractivity (Wildman–Crippen MR) is 123 cm³/mol. The largest absolute Gasteiger partial charge is 0.481 e. The van der Waals surface area contributed by atoms with Crippen LogP contribution in [0.4, 0.5) is 0 Å². The first kappa shape index (κ1) is 25.5. The van der Waals surface area contributed by atoms with Crippen molar-refractivity contribution < 1.29 is 24.3 Å². The van der Waals surface area contributed by atoms with Gasteiger partial charge >= 0.3 is 5.97 Å². The molecule has 0 radical (unpaired) electrons. The lowest BCUT2D eigenvalue weighted by Gasteiger charge is -2.46. The molecule has 2 atom stereocenters. The molecule has 3 aliphatic rings. The van der Waals surface area contributed by atoms with E-state index >= 15 is 0 Å². The summed E-state index contributed by atoms with van der Waals surface area (Å²) in [7, 11) is 4.99. The Morgan fingerprint density at radius 3 is 2.06 bits per heavy atom. The van der Waals surface area contributed by atoms with Gasteiger partial charge in [0.15, 0.2) is 0 Å². The van der Waals surface area contributed by atoms with Crippen molar-refractivity contribution in [1.82, 2.24) is 20.0 Å². The molecule has 186 valence electrons. The lowest BCUT2D eigenvalue weighted by Crippen LogP contribution is -2.65. The van der Waals surface area contributed by atoms with E-state index in [9.17, 15) is 24.3 Å². The van der Waals surface area contributed by atoms with Gasteiger partial charge in [0, 0.05) is 27.2 Å². The van der Waals surface area contributed by atoms with Crippen molar-refractivity contribution >= 4 is 23.7 Å². The summed E-state index contributed by atoms with van der Waals surface area (Å²) in [5.41, 5.74) is -0.630. The topological polar surface area (TPSA) is 110 Å². The first-order chi connectivity index (χ1) is 15.7. The number of amides is 3. The third-order valence-electron chi connectivity index (χ3n) is 8.07. The number of nitrogens with one attached hydrogen (secondary N) is 1. The fraction of sp³-hybridized carbons (Fsp3) is 0.833. The van der Waals surface area contributed by atoms with Crippen LogP contribution in [0.3, 0.4) is 0 Å². The highest BCUT2D eigenvalue weighted by Gasteiger charge is 2.49. The number of carboxylic acids is 1. The summed E-state index contributed by atoms with van der Waals surface area (Å²) in [6, 6.07) is -1.76. The van der Waals surface area contributed by atoms with E-state index in [2.05, 4.69) is 5.32 Å². The maximum Gasteiger partial charge on any atom is 0.305 e. The molecule has 0 bridgehead atoms. The molecular formula is C24H40N4O5. The predicted octanol–water partition coefficient (Wildman–Crippen LogP) is 1.46. The lowest BCUT2D eigenvalue weighted by molar-refractivity contribution is -0.157. The number of rotatable bonds is 9. The van der Waals surface area contributed by atoms with Gasteiger partial charge in [-0.05, 0) is 64.3 Å². The molecule has 3 amide bonds. The minimum absolute atomic E-state index is 0.0125. The van der Waals surface area contributed by atoms with Crippen LogP contribution in [-0.2, 0) is 19.2 Å². The smallest absolute Gasteiger partial charge is 0.305 e. The normalized spacial score (nSPS) is 22.2. The second-order valence-corrected chi connectivity index (χ2v) is 10.0. The van der Waals surface area contributed by atoms with Gasteiger partial charge in [0.1, 0.15) is 12.1 Å². The van der Waals surface area contributed by atoms with Gasteiger partial charge in [0.25, 0.3) is 0 Å². The van der Waals surface area contributed by atoms with Crippen molar-refractivity contribution in [1.29, 1.82) is 0 Å². The van der Waals surface area contributed by atoms with Gasteiger partial charge in [0.05, 0.1) is 12.0 Å². The monoisotopic (exact) mass is 464 g/mol. The van der Waals surface area contributed by atoms with Crippen LogP contribution in [-0.4, -0.2) is 95.4 Å². The van der Waals surface area contributed by atoms with E-state index in [4.69, 9.17) is 0 Å². The van der Waals surface area contributed by atoms with Crippen molar-refractivity contribution in [3.8, 4) is 0 Å². The van der Waals surface area contributed by atoms with Crippen LogP contribution in [0.2, 0.25) is 0 Å². The Morgan fingerprint density at radius 1 is 0.970 bits per heavy atom. The molecule has 9 heteroatoms. The summed E-state index contributed by atoms with van der Waals surface area (Å²) < 4.78 is 0. The fourth-order valence-electron chi connectivity index (χ4n) is 5.76. The zero-order chi connectivity index (χ0) is 24.2. The Kier molecular flexibility index (Phi) is 8.37. The first-order valence-electron chi connectivity index (χ1n) is 12.5. The molecule has 1 heterocycles. The summed E-state index contributed by atoms with van der Waals surface area (Å²) in [5.74, 6) is -1.83. The third-order valence-corrected chi connectivity index (χ3v) is 8.07. The van der Waals surface area contributed by atoms with Gasteiger partial charge in [-0.3, -0.25) is 19.2 Å². The third kappa shape index (κ3) is 5.34. The molecule has 0 aromatic carbocycles. The number of likely N-dealkylation sites (N-methyl/N-ethyl adjacent to an activating group) is 3. The molecule has 0 aromatic heterocycles. The SMILES string of the molecule is CNC1(C(=O)N(C)[C@H](C(=O)N(C)[C@@H](CC(=O)O)C(=O)N2CCCCC2)C2CCCC2)CCC1. The van der Waals surface area contributed by atoms with Crippen LogP contribution in [0.15, 0.2) is 0 Å². The first-order valence-corrected chi connectivity index (χ1v) is 12.5. The summed E-state index contributed by atoms with van der Waals surface area (Å²) in [5, 5.41) is 12.7. The molecule has 3 fully saturated rings. The summed E-state index contributed by atoms with van der Waals surface area (Å²) >= 11 is 0. The van der Waals surface area contributed by atoms with Gasteiger partial charge < -0.3 is 25.1 Å². The van der Waals surface area contributed by atoms with E-state index in [0.717, 1.165) is 64.2 Å². The average Bonchev–Trinajstić information content (AvgIpc) is 3.31. The van der Waals surface area contributed by atoms with Gasteiger partial charge in [-0.25, -0.2) is 0 Å². The van der Waals surface area contributed by atoms with Gasteiger partial charge in [-0.15, -0.1) is 0 Å². The summed E-state index contributed by atoms with van der Waals surface area (Å²) in [6.07, 6.45) is 8.52. The molecule has 1 aliphatic heterocycles. The lowest BCUT2D eigenvalue weighted by atomic mass is 9.75. The standard InChI is InChI=1S/C24H40N4O5/c1-25-24(12-9-13-24)23(33)27(3)20(17-10-5-6-11-17)22(32)26(2)18(16-19(29)30)21(31)28-14-7-4-8-15-28/h17-18,20,25H,4-16H2,1-3H3,(H,29,30)/t18-,20-/m0/s1. The van der Waals surface area contributed by atoms with E-state index in [-0.39, 0.29) is 23.6 Å². The molecular weight excluding hydrogens is 424 g/mol. The van der Waals surface area contributed by atoms with Crippen molar-refractivity contribution in [2.45, 2.75) is 88.3 Å². The van der Waals surface area contributed by atoms with E-state index in [1.807, 2.05) is 0 Å². The zero-order valence-corrected chi connectivity index (χ0v) is 20.3. The van der Waals surface area contributed by atoms with Gasteiger partial charge in [0.2, 0.25) is 17.7 Å². The number of piperidine rings is 1. The van der Waals surface area contributed by atoms with Crippen LogP contribution in [0.5, 0.6) is 0 Å². The van der Waals surface area contributed by atoms with Crippen LogP contribution < -0.4 is 5.32 Å². The van der Waals surface area contributed by atoms with Gasteiger partial charge in [-0.2, -0.15) is 0 Å².